The Labute approximate surface area is 211 Å². The summed E-state index contributed by atoms with van der Waals surface area (Å²) in [6, 6.07) is 14.8. The lowest BCUT2D eigenvalue weighted by Gasteiger charge is -2.21. The number of hydrogen-bond donors (Lipinski definition) is 0. The van der Waals surface area contributed by atoms with Crippen LogP contribution in [-0.2, 0) is 11.2 Å². The van der Waals surface area contributed by atoms with Gasteiger partial charge in [0.05, 0.1) is 6.04 Å². The zero-order valence-electron chi connectivity index (χ0n) is 22.8. The quantitative estimate of drug-likeness (QED) is 0.349. The Balaban J connectivity index is 2.03. The molecule has 2 atom stereocenters. The van der Waals surface area contributed by atoms with Gasteiger partial charge in [0.25, 0.3) is 5.91 Å². The van der Waals surface area contributed by atoms with Crippen molar-refractivity contribution < 1.29 is 9.53 Å². The van der Waals surface area contributed by atoms with E-state index in [0.717, 1.165) is 29.5 Å². The molecule has 0 saturated heterocycles. The van der Waals surface area contributed by atoms with Crippen LogP contribution < -0.4 is 0 Å². The molecule has 1 amide bonds. The molecular formula is C31H42N2O2. The van der Waals surface area contributed by atoms with E-state index in [9.17, 15) is 4.79 Å². The zero-order valence-corrected chi connectivity index (χ0v) is 22.8. The van der Waals surface area contributed by atoms with Gasteiger partial charge in [0.15, 0.2) is 0 Å². The Morgan fingerprint density at radius 2 is 1.57 bits per heavy atom. The van der Waals surface area contributed by atoms with Gasteiger partial charge in [-0.15, -0.1) is 0 Å². The average Bonchev–Trinajstić information content (AvgIpc) is 3.29. The van der Waals surface area contributed by atoms with E-state index in [1.165, 1.54) is 11.1 Å². The molecule has 35 heavy (non-hydrogen) atoms. The van der Waals surface area contributed by atoms with E-state index in [2.05, 4.69) is 79.7 Å². The van der Waals surface area contributed by atoms with Crippen LogP contribution in [0.25, 0.3) is 0 Å². The number of carbonyl (C=O) groups is 1. The third-order valence-corrected chi connectivity index (χ3v) is 6.89. The molecule has 3 rings (SSSR count). The summed E-state index contributed by atoms with van der Waals surface area (Å²) in [4.78, 5) is 23.4. The molecule has 0 N–H and O–H groups in total. The minimum absolute atomic E-state index is 0.0412. The number of amides is 1. The van der Waals surface area contributed by atoms with Crippen LogP contribution in [0.3, 0.4) is 0 Å². The molecule has 0 unspecified atom stereocenters. The fraction of sp³-hybridized carbons (Fsp3) is 0.516. The van der Waals surface area contributed by atoms with Crippen LogP contribution in [0.1, 0.15) is 112 Å². The summed E-state index contributed by atoms with van der Waals surface area (Å²) in [5.74, 6) is 1.28. The molecule has 0 bridgehead atoms. The number of carbonyl (C=O) groups excluding carboxylic acids is 1. The molecule has 4 nitrogen and oxygen atoms in total. The summed E-state index contributed by atoms with van der Waals surface area (Å²) in [7, 11) is 0. The van der Waals surface area contributed by atoms with E-state index in [4.69, 9.17) is 14.7 Å². The van der Waals surface area contributed by atoms with Crippen molar-refractivity contribution in [2.24, 2.45) is 15.9 Å². The van der Waals surface area contributed by atoms with Crippen LogP contribution >= 0.6 is 0 Å². The average molecular weight is 475 g/mol. The van der Waals surface area contributed by atoms with Crippen molar-refractivity contribution in [1.29, 1.82) is 0 Å². The highest BCUT2D eigenvalue weighted by atomic mass is 16.5. The number of ether oxygens (including phenoxy) is 1. The molecule has 0 aromatic heterocycles. The van der Waals surface area contributed by atoms with Gasteiger partial charge in [0.1, 0.15) is 12.3 Å². The SMILES string of the molecule is CC[C@H](C)/C(=N\C(=O)c1c(C(C)C)cc(C(C)C)cc1C(C)C)C1=N[C@@H](Cc2ccccc2)CO1. The fourth-order valence-corrected chi connectivity index (χ4v) is 4.48. The summed E-state index contributed by atoms with van der Waals surface area (Å²) in [6.45, 7) is 17.7. The molecule has 0 spiro atoms. The maximum Gasteiger partial charge on any atom is 0.277 e. The number of nitrogens with zero attached hydrogens (tertiary/aromatic N) is 2. The summed E-state index contributed by atoms with van der Waals surface area (Å²) in [5, 5.41) is 0. The summed E-state index contributed by atoms with van der Waals surface area (Å²) >= 11 is 0. The van der Waals surface area contributed by atoms with Crippen molar-refractivity contribution in [1.82, 2.24) is 0 Å². The Hall–Kier alpha value is -2.75. The van der Waals surface area contributed by atoms with Gasteiger partial charge in [0, 0.05) is 11.5 Å². The van der Waals surface area contributed by atoms with Crippen molar-refractivity contribution in [3.8, 4) is 0 Å². The van der Waals surface area contributed by atoms with E-state index >= 15 is 0 Å². The van der Waals surface area contributed by atoms with E-state index < -0.39 is 0 Å². The number of rotatable bonds is 9. The molecule has 0 radical (unpaired) electrons. The monoisotopic (exact) mass is 474 g/mol. The highest BCUT2D eigenvalue weighted by molar-refractivity contribution is 6.42. The molecular weight excluding hydrogens is 432 g/mol. The molecule has 1 aliphatic rings. The number of benzene rings is 2. The normalized spacial score (nSPS) is 17.2. The van der Waals surface area contributed by atoms with Crippen LogP contribution in [0, 0.1) is 5.92 Å². The van der Waals surface area contributed by atoms with Crippen LogP contribution in [0.2, 0.25) is 0 Å². The maximum atomic E-state index is 13.8. The third-order valence-electron chi connectivity index (χ3n) is 6.89. The second kappa shape index (κ2) is 11.8. The van der Waals surface area contributed by atoms with Crippen LogP contribution in [0.5, 0.6) is 0 Å². The first kappa shape index (κ1) is 26.8. The smallest absolute Gasteiger partial charge is 0.277 e. The Kier molecular flexibility index (Phi) is 9.04. The van der Waals surface area contributed by atoms with Crippen molar-refractivity contribution in [2.75, 3.05) is 6.61 Å². The first-order chi connectivity index (χ1) is 16.6. The van der Waals surface area contributed by atoms with Gasteiger partial charge < -0.3 is 4.74 Å². The predicted molar refractivity (Wildman–Crippen MR) is 147 cm³/mol. The van der Waals surface area contributed by atoms with E-state index in [1.54, 1.807) is 0 Å². The molecule has 1 aliphatic heterocycles. The van der Waals surface area contributed by atoms with E-state index in [0.29, 0.717) is 24.1 Å². The van der Waals surface area contributed by atoms with Crippen LogP contribution in [-0.4, -0.2) is 30.2 Å². The third kappa shape index (κ3) is 6.48. The zero-order chi connectivity index (χ0) is 25.7. The molecule has 1 heterocycles. The van der Waals surface area contributed by atoms with Crippen molar-refractivity contribution in [2.45, 2.75) is 92.0 Å². The van der Waals surface area contributed by atoms with E-state index in [-0.39, 0.29) is 29.7 Å². The standard InChI is InChI=1S/C31H42N2O2/c1-9-22(8)29(31-32-25(18-35-31)15-23-13-11-10-12-14-23)33-30(34)28-26(20(4)5)16-24(19(2)3)17-27(28)21(6)7/h10-14,16-17,19-22,25H,9,15,18H2,1-8H3/b33-29+/t22-,25-/m0/s1. The molecule has 188 valence electrons. The highest BCUT2D eigenvalue weighted by Crippen LogP contribution is 2.33. The minimum atomic E-state index is -0.180. The Morgan fingerprint density at radius 3 is 2.09 bits per heavy atom. The van der Waals surface area contributed by atoms with Crippen molar-refractivity contribution >= 4 is 17.5 Å². The van der Waals surface area contributed by atoms with Crippen LogP contribution in [0.4, 0.5) is 0 Å². The molecule has 0 saturated carbocycles. The highest BCUT2D eigenvalue weighted by Gasteiger charge is 2.28. The molecule has 0 fully saturated rings. The summed E-state index contributed by atoms with van der Waals surface area (Å²) in [6.07, 6.45) is 1.68. The van der Waals surface area contributed by atoms with Crippen molar-refractivity contribution in [3.05, 3.63) is 70.3 Å². The number of hydrogen-bond acceptors (Lipinski definition) is 3. The first-order valence-electron chi connectivity index (χ1n) is 13.2. The van der Waals surface area contributed by atoms with Gasteiger partial charge >= 0.3 is 0 Å². The van der Waals surface area contributed by atoms with E-state index in [1.807, 2.05) is 18.2 Å². The summed E-state index contributed by atoms with van der Waals surface area (Å²) in [5.41, 5.74) is 6.08. The largest absolute Gasteiger partial charge is 0.474 e. The molecule has 2 aromatic carbocycles. The summed E-state index contributed by atoms with van der Waals surface area (Å²) < 4.78 is 6.03. The van der Waals surface area contributed by atoms with Gasteiger partial charge in [-0.05, 0) is 52.8 Å². The van der Waals surface area contributed by atoms with Gasteiger partial charge in [-0.2, -0.15) is 0 Å². The predicted octanol–water partition coefficient (Wildman–Crippen LogP) is 7.72. The lowest BCUT2D eigenvalue weighted by molar-refractivity contribution is 0.0999. The minimum Gasteiger partial charge on any atom is -0.474 e. The van der Waals surface area contributed by atoms with Gasteiger partial charge in [-0.25, -0.2) is 9.98 Å². The molecule has 0 aliphatic carbocycles. The second-order valence-electron chi connectivity index (χ2n) is 10.7. The Bertz CT molecular complexity index is 1050. The van der Waals surface area contributed by atoms with Crippen molar-refractivity contribution in [3.63, 3.8) is 0 Å². The van der Waals surface area contributed by atoms with Crippen LogP contribution in [0.15, 0.2) is 52.4 Å². The Morgan fingerprint density at radius 1 is 0.971 bits per heavy atom. The van der Waals surface area contributed by atoms with Gasteiger partial charge in [-0.1, -0.05) is 97.9 Å². The second-order valence-corrected chi connectivity index (χ2v) is 10.7. The fourth-order valence-electron chi connectivity index (χ4n) is 4.48. The molecule has 4 heteroatoms. The maximum absolute atomic E-state index is 13.8. The lowest BCUT2D eigenvalue weighted by Crippen LogP contribution is -2.24. The molecule has 2 aromatic rings. The van der Waals surface area contributed by atoms with Gasteiger partial charge in [-0.3, -0.25) is 4.79 Å². The lowest BCUT2D eigenvalue weighted by atomic mass is 9.84. The first-order valence-corrected chi connectivity index (χ1v) is 13.2. The topological polar surface area (TPSA) is 51.0 Å². The van der Waals surface area contributed by atoms with Gasteiger partial charge in [0.2, 0.25) is 5.90 Å². The number of aliphatic imine (C=N–C) groups is 2.